The SMILES string of the molecule is Cc1ccc(S(=O)(=O)n2cc(-c3cnc(C)c4c3NC(NC3CCCCC3N)=NC4)c3ccc(C(F)(F)F)cc32)cc1. The summed E-state index contributed by atoms with van der Waals surface area (Å²) in [6, 6.07) is 9.42. The summed E-state index contributed by atoms with van der Waals surface area (Å²) in [5.74, 6) is 0.548. The molecule has 2 aromatic heterocycles. The van der Waals surface area contributed by atoms with Crippen LogP contribution in [0.25, 0.3) is 22.0 Å². The summed E-state index contributed by atoms with van der Waals surface area (Å²) >= 11 is 0. The number of halogens is 3. The molecule has 1 aliphatic carbocycles. The van der Waals surface area contributed by atoms with Crippen LogP contribution < -0.4 is 16.4 Å². The topological polar surface area (TPSA) is 114 Å². The number of hydrogen-bond acceptors (Lipinski definition) is 7. The Morgan fingerprint density at radius 3 is 2.50 bits per heavy atom. The molecule has 1 fully saturated rings. The lowest BCUT2D eigenvalue weighted by Crippen LogP contribution is -2.51. The maximum atomic E-state index is 13.8. The number of nitrogens with two attached hydrogens (primary N) is 1. The second-order valence-corrected chi connectivity index (χ2v) is 12.8. The molecule has 8 nitrogen and oxygen atoms in total. The number of hydrogen-bond donors (Lipinski definition) is 3. The molecule has 0 amide bonds. The van der Waals surface area contributed by atoms with Gasteiger partial charge < -0.3 is 16.4 Å². The molecule has 2 atom stereocenters. The third-order valence-electron chi connectivity index (χ3n) is 8.14. The monoisotopic (exact) mass is 596 g/mol. The van der Waals surface area contributed by atoms with E-state index in [0.29, 0.717) is 34.7 Å². The number of fused-ring (bicyclic) bond motifs is 2. The fourth-order valence-corrected chi connectivity index (χ4v) is 7.07. The normalized spacial score (nSPS) is 19.2. The number of benzene rings is 2. The van der Waals surface area contributed by atoms with E-state index in [2.05, 4.69) is 20.6 Å². The minimum Gasteiger partial charge on any atom is -0.352 e. The van der Waals surface area contributed by atoms with Crippen molar-refractivity contribution in [3.8, 4) is 11.1 Å². The van der Waals surface area contributed by atoms with E-state index in [9.17, 15) is 21.6 Å². The fraction of sp³-hybridized carbons (Fsp3) is 0.333. The Bertz CT molecular complexity index is 1810. The van der Waals surface area contributed by atoms with Crippen molar-refractivity contribution < 1.29 is 21.6 Å². The highest BCUT2D eigenvalue weighted by Gasteiger charge is 2.33. The molecule has 2 unspecified atom stereocenters. The number of rotatable bonds is 4. The Hall–Kier alpha value is -3.90. The predicted molar refractivity (Wildman–Crippen MR) is 157 cm³/mol. The third kappa shape index (κ3) is 5.02. The van der Waals surface area contributed by atoms with Gasteiger partial charge in [-0.1, -0.05) is 36.6 Å². The molecule has 3 heterocycles. The minimum absolute atomic E-state index is 0.00363. The van der Waals surface area contributed by atoms with Crippen LogP contribution in [0.3, 0.4) is 0 Å². The number of aromatic nitrogens is 2. The molecule has 1 saturated carbocycles. The summed E-state index contributed by atoms with van der Waals surface area (Å²) < 4.78 is 69.9. The number of nitrogens with zero attached hydrogens (tertiary/aromatic N) is 3. The number of aryl methyl sites for hydroxylation is 2. The van der Waals surface area contributed by atoms with Crippen LogP contribution in [0.15, 0.2) is 64.7 Å². The number of nitrogens with one attached hydrogen (secondary N) is 2. The molecule has 6 rings (SSSR count). The molecule has 0 saturated heterocycles. The van der Waals surface area contributed by atoms with Gasteiger partial charge in [-0.2, -0.15) is 13.2 Å². The molecule has 4 aromatic rings. The zero-order valence-electron chi connectivity index (χ0n) is 23.2. The molecule has 0 radical (unpaired) electrons. The smallest absolute Gasteiger partial charge is 0.352 e. The second-order valence-electron chi connectivity index (χ2n) is 11.0. The number of aliphatic imine (C=N–C) groups is 1. The Morgan fingerprint density at radius 2 is 1.79 bits per heavy atom. The van der Waals surface area contributed by atoms with Gasteiger partial charge in [0.1, 0.15) is 0 Å². The summed E-state index contributed by atoms with van der Waals surface area (Å²) in [6.07, 6.45) is 2.34. The van der Waals surface area contributed by atoms with Crippen molar-refractivity contribution >= 4 is 32.6 Å². The van der Waals surface area contributed by atoms with Gasteiger partial charge in [0.05, 0.1) is 28.2 Å². The summed E-state index contributed by atoms with van der Waals surface area (Å²) in [4.78, 5) is 9.17. The van der Waals surface area contributed by atoms with Gasteiger partial charge in [0, 0.05) is 52.2 Å². The fourth-order valence-electron chi connectivity index (χ4n) is 5.71. The maximum Gasteiger partial charge on any atom is 0.416 e. The largest absolute Gasteiger partial charge is 0.416 e. The van der Waals surface area contributed by atoms with Gasteiger partial charge in [0.2, 0.25) is 0 Å². The first-order valence-electron chi connectivity index (χ1n) is 13.8. The van der Waals surface area contributed by atoms with E-state index in [1.807, 2.05) is 13.8 Å². The number of anilines is 1. The molecule has 0 bridgehead atoms. The molecule has 4 N–H and O–H groups in total. The highest BCUT2D eigenvalue weighted by Crippen LogP contribution is 2.41. The van der Waals surface area contributed by atoms with Gasteiger partial charge in [-0.05, 0) is 51.0 Å². The number of alkyl halides is 3. The average Bonchev–Trinajstić information content (AvgIpc) is 3.34. The number of guanidine groups is 1. The molecule has 2 aromatic carbocycles. The predicted octanol–water partition coefficient (Wildman–Crippen LogP) is 5.72. The van der Waals surface area contributed by atoms with E-state index in [-0.39, 0.29) is 22.5 Å². The Labute approximate surface area is 241 Å². The van der Waals surface area contributed by atoms with Crippen molar-refractivity contribution in [2.45, 2.75) is 69.2 Å². The minimum atomic E-state index is -4.65. The van der Waals surface area contributed by atoms with Gasteiger partial charge in [0.25, 0.3) is 10.0 Å². The Kier molecular flexibility index (Phi) is 7.01. The van der Waals surface area contributed by atoms with E-state index >= 15 is 0 Å². The van der Waals surface area contributed by atoms with E-state index < -0.39 is 21.8 Å². The first kappa shape index (κ1) is 28.2. The van der Waals surface area contributed by atoms with Crippen LogP contribution in [-0.2, 0) is 22.7 Å². The van der Waals surface area contributed by atoms with Crippen LogP contribution in [0.4, 0.5) is 18.9 Å². The molecule has 12 heteroatoms. The van der Waals surface area contributed by atoms with Crippen molar-refractivity contribution in [3.05, 3.63) is 77.2 Å². The molecular formula is C30H31F3N6O2S. The average molecular weight is 597 g/mol. The van der Waals surface area contributed by atoms with Crippen molar-refractivity contribution in [2.24, 2.45) is 10.7 Å². The summed E-state index contributed by atoms with van der Waals surface area (Å²) in [6.45, 7) is 4.01. The van der Waals surface area contributed by atoms with Crippen LogP contribution in [0.5, 0.6) is 0 Å². The van der Waals surface area contributed by atoms with E-state index in [0.717, 1.165) is 58.6 Å². The quantitative estimate of drug-likeness (QED) is 0.278. The third-order valence-corrected chi connectivity index (χ3v) is 9.83. The lowest BCUT2D eigenvalue weighted by Gasteiger charge is -2.32. The van der Waals surface area contributed by atoms with E-state index in [1.54, 1.807) is 18.3 Å². The number of pyridine rings is 1. The van der Waals surface area contributed by atoms with E-state index in [4.69, 9.17) is 5.73 Å². The van der Waals surface area contributed by atoms with Gasteiger partial charge in [-0.25, -0.2) is 17.4 Å². The van der Waals surface area contributed by atoms with Crippen LogP contribution in [0.2, 0.25) is 0 Å². The maximum absolute atomic E-state index is 13.8. The van der Waals surface area contributed by atoms with Crippen LogP contribution >= 0.6 is 0 Å². The Morgan fingerprint density at radius 1 is 1.05 bits per heavy atom. The molecule has 2 aliphatic rings. The van der Waals surface area contributed by atoms with Crippen molar-refractivity contribution in [2.75, 3.05) is 5.32 Å². The van der Waals surface area contributed by atoms with Gasteiger partial charge in [-0.15, -0.1) is 0 Å². The second kappa shape index (κ2) is 10.4. The van der Waals surface area contributed by atoms with Crippen molar-refractivity contribution in [1.29, 1.82) is 0 Å². The molecule has 220 valence electrons. The van der Waals surface area contributed by atoms with E-state index in [1.165, 1.54) is 24.4 Å². The van der Waals surface area contributed by atoms with Crippen LogP contribution in [-0.4, -0.2) is 35.4 Å². The molecule has 0 spiro atoms. The summed E-state index contributed by atoms with van der Waals surface area (Å²) in [5.41, 5.74) is 9.41. The van der Waals surface area contributed by atoms with Gasteiger partial charge >= 0.3 is 6.18 Å². The summed E-state index contributed by atoms with van der Waals surface area (Å²) in [5, 5.41) is 7.14. The lowest BCUT2D eigenvalue weighted by molar-refractivity contribution is -0.137. The van der Waals surface area contributed by atoms with Gasteiger partial charge in [0.15, 0.2) is 5.96 Å². The molecule has 1 aliphatic heterocycles. The highest BCUT2D eigenvalue weighted by molar-refractivity contribution is 7.90. The van der Waals surface area contributed by atoms with Crippen molar-refractivity contribution in [1.82, 2.24) is 14.3 Å². The lowest BCUT2D eigenvalue weighted by atomic mass is 9.91. The standard InChI is InChI=1S/C30H31F3N6O2S/c1-17-7-10-20(11-8-17)42(40,41)39-16-24(21-12-9-19(13-27(21)39)30(31,32)33)23-15-35-18(2)22-14-36-29(38-28(22)23)37-26-6-4-3-5-25(26)34/h7-13,15-16,25-26H,3-6,14,34H2,1-2H3,(H2,36,37,38). The molecule has 42 heavy (non-hydrogen) atoms. The zero-order chi connectivity index (χ0) is 29.8. The first-order chi connectivity index (χ1) is 19.9. The Balaban J connectivity index is 1.50. The van der Waals surface area contributed by atoms with Gasteiger partial charge in [-0.3, -0.25) is 4.98 Å². The zero-order valence-corrected chi connectivity index (χ0v) is 24.0. The first-order valence-corrected chi connectivity index (χ1v) is 15.2. The highest BCUT2D eigenvalue weighted by atomic mass is 32.2. The van der Waals surface area contributed by atoms with Crippen LogP contribution in [0.1, 0.15) is 48.1 Å². The van der Waals surface area contributed by atoms with Crippen molar-refractivity contribution in [3.63, 3.8) is 0 Å². The summed E-state index contributed by atoms with van der Waals surface area (Å²) in [7, 11) is -4.24. The van der Waals surface area contributed by atoms with Crippen LogP contribution in [0, 0.1) is 13.8 Å². The molecular weight excluding hydrogens is 565 g/mol.